The molecule has 0 spiro atoms. The van der Waals surface area contributed by atoms with Gasteiger partial charge < -0.3 is 10.6 Å². The number of hydrogen-bond donors (Lipinski definition) is 1. The van der Waals surface area contributed by atoms with Crippen molar-refractivity contribution in [2.45, 2.75) is 58.3 Å². The highest BCUT2D eigenvalue weighted by Crippen LogP contribution is 2.48. The molecule has 4 atom stereocenters. The van der Waals surface area contributed by atoms with Crippen molar-refractivity contribution in [1.29, 1.82) is 0 Å². The minimum Gasteiger partial charge on any atom is -0.330 e. The van der Waals surface area contributed by atoms with E-state index in [-0.39, 0.29) is 0 Å². The van der Waals surface area contributed by atoms with Gasteiger partial charge in [-0.1, -0.05) is 19.8 Å². The molecule has 2 bridgehead atoms. The van der Waals surface area contributed by atoms with Crippen molar-refractivity contribution in [2.24, 2.45) is 29.4 Å². The summed E-state index contributed by atoms with van der Waals surface area (Å²) < 4.78 is 0. The van der Waals surface area contributed by atoms with E-state index in [4.69, 9.17) is 5.73 Å². The average Bonchev–Trinajstić information content (AvgIpc) is 3.00. The first-order valence-corrected chi connectivity index (χ1v) is 8.61. The Morgan fingerprint density at radius 1 is 1.21 bits per heavy atom. The summed E-state index contributed by atoms with van der Waals surface area (Å²) in [5.74, 6) is 4.06. The maximum Gasteiger partial charge on any atom is 0.000936 e. The normalized spacial score (nSPS) is 31.3. The Morgan fingerprint density at radius 2 is 2.05 bits per heavy atom. The van der Waals surface area contributed by atoms with Crippen LogP contribution in [0.15, 0.2) is 0 Å². The molecule has 0 aromatic carbocycles. The second-order valence-corrected chi connectivity index (χ2v) is 7.19. The molecule has 0 aromatic rings. The van der Waals surface area contributed by atoms with Gasteiger partial charge in [-0.15, -0.1) is 0 Å². The van der Waals surface area contributed by atoms with Crippen molar-refractivity contribution in [3.63, 3.8) is 0 Å². The largest absolute Gasteiger partial charge is 0.330 e. The predicted molar refractivity (Wildman–Crippen MR) is 83.1 cm³/mol. The zero-order valence-electron chi connectivity index (χ0n) is 13.1. The minimum absolute atomic E-state index is 0.861. The highest BCUT2D eigenvalue weighted by atomic mass is 15.1. The number of fused-ring (bicyclic) bond motifs is 2. The van der Waals surface area contributed by atoms with Crippen LogP contribution in [0.4, 0.5) is 0 Å². The van der Waals surface area contributed by atoms with E-state index in [9.17, 15) is 0 Å². The van der Waals surface area contributed by atoms with Crippen LogP contribution < -0.4 is 5.73 Å². The number of nitrogens with two attached hydrogens (primary N) is 1. The standard InChI is InChI=1S/C17H34N2/c1-3-14(8-9-18)5-4-10-19(2)13-17-12-15-6-7-16(17)11-15/h14-17H,3-13,18H2,1-2H3. The van der Waals surface area contributed by atoms with Crippen molar-refractivity contribution >= 4 is 0 Å². The van der Waals surface area contributed by atoms with Gasteiger partial charge in [-0.3, -0.25) is 0 Å². The first-order valence-electron chi connectivity index (χ1n) is 8.61. The Kier molecular flexibility index (Phi) is 6.15. The Balaban J connectivity index is 1.58. The lowest BCUT2D eigenvalue weighted by atomic mass is 9.88. The van der Waals surface area contributed by atoms with Crippen molar-refractivity contribution in [2.75, 3.05) is 26.7 Å². The summed E-state index contributed by atoms with van der Waals surface area (Å²) in [6.45, 7) is 5.81. The quantitative estimate of drug-likeness (QED) is 0.692. The molecule has 4 unspecified atom stereocenters. The van der Waals surface area contributed by atoms with E-state index in [2.05, 4.69) is 18.9 Å². The molecule has 2 saturated carbocycles. The summed E-state index contributed by atoms with van der Waals surface area (Å²) in [6.07, 6.45) is 11.4. The molecule has 0 aliphatic heterocycles. The van der Waals surface area contributed by atoms with E-state index >= 15 is 0 Å². The van der Waals surface area contributed by atoms with Crippen LogP contribution in [0.2, 0.25) is 0 Å². The van der Waals surface area contributed by atoms with Gasteiger partial charge in [0.1, 0.15) is 0 Å². The Bertz CT molecular complexity index is 254. The van der Waals surface area contributed by atoms with E-state index in [1.807, 2.05) is 0 Å². The maximum absolute atomic E-state index is 5.67. The molecule has 2 heteroatoms. The smallest absolute Gasteiger partial charge is 0.000936 e. The fourth-order valence-electron chi connectivity index (χ4n) is 4.53. The SMILES string of the molecule is CCC(CCN)CCCN(C)CC1CC2CCC1C2. The number of hydrogen-bond acceptors (Lipinski definition) is 2. The van der Waals surface area contributed by atoms with E-state index in [0.717, 1.165) is 30.2 Å². The zero-order valence-corrected chi connectivity index (χ0v) is 13.1. The Labute approximate surface area is 120 Å². The van der Waals surface area contributed by atoms with Crippen LogP contribution in [-0.2, 0) is 0 Å². The monoisotopic (exact) mass is 266 g/mol. The molecule has 0 radical (unpaired) electrons. The highest BCUT2D eigenvalue weighted by molar-refractivity contribution is 4.90. The lowest BCUT2D eigenvalue weighted by molar-refractivity contribution is 0.213. The van der Waals surface area contributed by atoms with Gasteiger partial charge in [-0.05, 0) is 82.3 Å². The third-order valence-corrected chi connectivity index (χ3v) is 5.74. The fraction of sp³-hybridized carbons (Fsp3) is 1.00. The van der Waals surface area contributed by atoms with Crippen molar-refractivity contribution < 1.29 is 0 Å². The van der Waals surface area contributed by atoms with Gasteiger partial charge in [0.25, 0.3) is 0 Å². The van der Waals surface area contributed by atoms with Gasteiger partial charge in [0.2, 0.25) is 0 Å². The van der Waals surface area contributed by atoms with Gasteiger partial charge in [-0.2, -0.15) is 0 Å². The summed E-state index contributed by atoms with van der Waals surface area (Å²) >= 11 is 0. The molecular weight excluding hydrogens is 232 g/mol. The molecule has 2 aliphatic carbocycles. The first kappa shape index (κ1) is 15.3. The molecule has 0 heterocycles. The van der Waals surface area contributed by atoms with Gasteiger partial charge in [0.05, 0.1) is 0 Å². The van der Waals surface area contributed by atoms with Crippen LogP contribution >= 0.6 is 0 Å². The van der Waals surface area contributed by atoms with Crippen molar-refractivity contribution in [3.8, 4) is 0 Å². The molecule has 112 valence electrons. The van der Waals surface area contributed by atoms with Crippen LogP contribution in [0.25, 0.3) is 0 Å². The van der Waals surface area contributed by atoms with Crippen molar-refractivity contribution in [3.05, 3.63) is 0 Å². The second-order valence-electron chi connectivity index (χ2n) is 7.19. The molecular formula is C17H34N2. The second kappa shape index (κ2) is 7.64. The minimum atomic E-state index is 0.861. The van der Waals surface area contributed by atoms with E-state index in [1.54, 1.807) is 6.42 Å². The molecule has 2 nitrogen and oxygen atoms in total. The zero-order chi connectivity index (χ0) is 13.7. The summed E-state index contributed by atoms with van der Waals surface area (Å²) in [7, 11) is 2.33. The topological polar surface area (TPSA) is 29.3 Å². The van der Waals surface area contributed by atoms with E-state index in [1.165, 1.54) is 58.0 Å². The summed E-state index contributed by atoms with van der Waals surface area (Å²) in [5, 5.41) is 0. The highest BCUT2D eigenvalue weighted by Gasteiger charge is 2.39. The van der Waals surface area contributed by atoms with Crippen LogP contribution in [0.5, 0.6) is 0 Å². The molecule has 2 N–H and O–H groups in total. The summed E-state index contributed by atoms with van der Waals surface area (Å²) in [4.78, 5) is 2.60. The summed E-state index contributed by atoms with van der Waals surface area (Å²) in [6, 6.07) is 0. The Hall–Kier alpha value is -0.0800. The molecule has 0 amide bonds. The lowest BCUT2D eigenvalue weighted by Gasteiger charge is -2.27. The molecule has 2 rings (SSSR count). The predicted octanol–water partition coefficient (Wildman–Crippen LogP) is 3.51. The average molecular weight is 266 g/mol. The van der Waals surface area contributed by atoms with E-state index in [0.29, 0.717) is 0 Å². The molecule has 2 aliphatic rings. The molecule has 0 saturated heterocycles. The van der Waals surface area contributed by atoms with Gasteiger partial charge in [-0.25, -0.2) is 0 Å². The maximum atomic E-state index is 5.67. The molecule has 0 aromatic heterocycles. The number of nitrogens with zero attached hydrogens (tertiary/aromatic N) is 1. The molecule has 2 fully saturated rings. The lowest BCUT2D eigenvalue weighted by Crippen LogP contribution is -2.29. The van der Waals surface area contributed by atoms with Gasteiger partial charge >= 0.3 is 0 Å². The van der Waals surface area contributed by atoms with Gasteiger partial charge in [0.15, 0.2) is 0 Å². The van der Waals surface area contributed by atoms with Crippen LogP contribution in [-0.4, -0.2) is 31.6 Å². The van der Waals surface area contributed by atoms with E-state index < -0.39 is 0 Å². The Morgan fingerprint density at radius 3 is 2.63 bits per heavy atom. The van der Waals surface area contributed by atoms with Crippen LogP contribution in [0.1, 0.15) is 58.3 Å². The number of rotatable bonds is 9. The third kappa shape index (κ3) is 4.46. The van der Waals surface area contributed by atoms with Crippen molar-refractivity contribution in [1.82, 2.24) is 4.90 Å². The van der Waals surface area contributed by atoms with Gasteiger partial charge in [0, 0.05) is 6.54 Å². The first-order chi connectivity index (χ1) is 9.22. The third-order valence-electron chi connectivity index (χ3n) is 5.74. The summed E-state index contributed by atoms with van der Waals surface area (Å²) in [5.41, 5.74) is 5.67. The fourth-order valence-corrected chi connectivity index (χ4v) is 4.53. The molecule has 19 heavy (non-hydrogen) atoms. The van der Waals surface area contributed by atoms with Crippen LogP contribution in [0.3, 0.4) is 0 Å². The van der Waals surface area contributed by atoms with Crippen LogP contribution in [0, 0.1) is 23.7 Å².